The fourth-order valence-electron chi connectivity index (χ4n) is 2.30. The van der Waals surface area contributed by atoms with E-state index in [0.717, 1.165) is 16.9 Å². The van der Waals surface area contributed by atoms with E-state index in [1.165, 1.54) is 5.06 Å². The Morgan fingerprint density at radius 1 is 0.875 bits per heavy atom. The van der Waals surface area contributed by atoms with Gasteiger partial charge >= 0.3 is 5.97 Å². The number of anilines is 2. The molecule has 0 atom stereocenters. The molecule has 3 rings (SSSR count). The third-order valence-corrected chi connectivity index (χ3v) is 3.81. The summed E-state index contributed by atoms with van der Waals surface area (Å²) < 4.78 is 0. The molecule has 120 valence electrons. The van der Waals surface area contributed by atoms with Gasteiger partial charge in [-0.15, -0.1) is 0 Å². The van der Waals surface area contributed by atoms with Gasteiger partial charge in [-0.05, 0) is 48.9 Å². The molecule has 24 heavy (non-hydrogen) atoms. The first-order valence-electron chi connectivity index (χ1n) is 7.54. The summed E-state index contributed by atoms with van der Waals surface area (Å²) in [7, 11) is 0. The molecule has 0 bridgehead atoms. The van der Waals surface area contributed by atoms with E-state index in [-0.39, 0.29) is 0 Å². The van der Waals surface area contributed by atoms with Crippen LogP contribution < -0.4 is 5.06 Å². The molecule has 0 amide bonds. The lowest BCUT2D eigenvalue weighted by molar-refractivity contribution is 0.0504. The highest BCUT2D eigenvalue weighted by atomic mass is 35.5. The van der Waals surface area contributed by atoms with Crippen LogP contribution >= 0.6 is 11.6 Å². The Labute approximate surface area is 146 Å². The summed E-state index contributed by atoms with van der Waals surface area (Å²) in [5.74, 6) is -0.507. The number of hydrogen-bond acceptors (Lipinski definition) is 3. The Bertz CT molecular complexity index is 795. The topological polar surface area (TPSA) is 29.5 Å². The van der Waals surface area contributed by atoms with Crippen molar-refractivity contribution in [2.75, 3.05) is 5.06 Å². The van der Waals surface area contributed by atoms with E-state index in [4.69, 9.17) is 16.4 Å². The molecule has 3 aromatic carbocycles. The van der Waals surface area contributed by atoms with E-state index in [1.54, 1.807) is 12.1 Å². The quantitative estimate of drug-likeness (QED) is 0.584. The van der Waals surface area contributed by atoms with Gasteiger partial charge in [-0.1, -0.05) is 54.1 Å². The number of para-hydroxylation sites is 2. The maximum Gasteiger partial charge on any atom is 0.365 e. The minimum absolute atomic E-state index is 0.333. The minimum atomic E-state index is -0.507. The van der Waals surface area contributed by atoms with E-state index in [1.807, 2.05) is 73.7 Å². The summed E-state index contributed by atoms with van der Waals surface area (Å²) in [4.78, 5) is 18.2. The number of carbonyl (C=O) groups is 1. The second-order valence-corrected chi connectivity index (χ2v) is 5.73. The minimum Gasteiger partial charge on any atom is -0.330 e. The lowest BCUT2D eigenvalue weighted by Crippen LogP contribution is -2.22. The standard InChI is InChI=1S/C20H16ClNO2/c1-15-12-13-18(19(21)14-15)20(23)24-22(16-8-4-2-5-9-16)17-10-6-3-7-11-17/h2-14H,1H3. The average Bonchev–Trinajstić information content (AvgIpc) is 2.61. The molecular formula is C20H16ClNO2. The lowest BCUT2D eigenvalue weighted by Gasteiger charge is -2.23. The van der Waals surface area contributed by atoms with Gasteiger partial charge in [0.1, 0.15) is 0 Å². The predicted molar refractivity (Wildman–Crippen MR) is 96.6 cm³/mol. The molecule has 0 radical (unpaired) electrons. The van der Waals surface area contributed by atoms with Crippen LogP contribution in [0.5, 0.6) is 0 Å². The summed E-state index contributed by atoms with van der Waals surface area (Å²) in [6.07, 6.45) is 0. The van der Waals surface area contributed by atoms with Crippen molar-refractivity contribution in [1.82, 2.24) is 0 Å². The Morgan fingerprint density at radius 3 is 1.92 bits per heavy atom. The fraction of sp³-hybridized carbons (Fsp3) is 0.0500. The van der Waals surface area contributed by atoms with E-state index in [9.17, 15) is 4.79 Å². The van der Waals surface area contributed by atoms with Gasteiger partial charge in [-0.25, -0.2) is 4.79 Å². The lowest BCUT2D eigenvalue weighted by atomic mass is 10.1. The van der Waals surface area contributed by atoms with Crippen LogP contribution in [0.4, 0.5) is 11.4 Å². The van der Waals surface area contributed by atoms with Crippen molar-refractivity contribution in [3.8, 4) is 0 Å². The Hall–Kier alpha value is -2.78. The van der Waals surface area contributed by atoms with E-state index >= 15 is 0 Å². The molecule has 4 heteroatoms. The van der Waals surface area contributed by atoms with Gasteiger partial charge < -0.3 is 4.84 Å². The smallest absolute Gasteiger partial charge is 0.330 e. The van der Waals surface area contributed by atoms with Crippen LogP contribution in [0, 0.1) is 6.92 Å². The SMILES string of the molecule is Cc1ccc(C(=O)ON(c2ccccc2)c2ccccc2)c(Cl)c1. The predicted octanol–water partition coefficient (Wildman–Crippen LogP) is 5.56. The summed E-state index contributed by atoms with van der Waals surface area (Å²) in [5, 5.41) is 1.87. The number of hydrogen-bond donors (Lipinski definition) is 0. The third kappa shape index (κ3) is 3.58. The van der Waals surface area contributed by atoms with Gasteiger partial charge in [0.05, 0.1) is 22.0 Å². The molecule has 0 fully saturated rings. The second-order valence-electron chi connectivity index (χ2n) is 5.33. The van der Waals surface area contributed by atoms with E-state index in [0.29, 0.717) is 10.6 Å². The molecule has 0 saturated carbocycles. The molecule has 0 saturated heterocycles. The van der Waals surface area contributed by atoms with E-state index in [2.05, 4.69) is 0 Å². The highest BCUT2D eigenvalue weighted by Crippen LogP contribution is 2.27. The van der Waals surface area contributed by atoms with Crippen LogP contribution in [0.25, 0.3) is 0 Å². The summed E-state index contributed by atoms with van der Waals surface area (Å²) >= 11 is 6.18. The van der Waals surface area contributed by atoms with Gasteiger partial charge in [0.2, 0.25) is 0 Å². The molecule has 0 aliphatic rings. The van der Waals surface area contributed by atoms with Crippen molar-refractivity contribution in [3.63, 3.8) is 0 Å². The normalized spacial score (nSPS) is 10.2. The zero-order valence-electron chi connectivity index (χ0n) is 13.1. The van der Waals surface area contributed by atoms with Gasteiger partial charge in [-0.2, -0.15) is 5.06 Å². The molecule has 0 spiro atoms. The number of aryl methyl sites for hydroxylation is 1. The molecule has 0 aliphatic heterocycles. The maximum atomic E-state index is 12.6. The first-order chi connectivity index (χ1) is 11.6. The number of rotatable bonds is 4. The number of nitrogens with zero attached hydrogens (tertiary/aromatic N) is 1. The van der Waals surface area contributed by atoms with Gasteiger partial charge in [0, 0.05) is 0 Å². The summed E-state index contributed by atoms with van der Waals surface area (Å²) in [6.45, 7) is 1.92. The molecule has 0 aliphatic carbocycles. The van der Waals surface area contributed by atoms with Crippen molar-refractivity contribution in [1.29, 1.82) is 0 Å². The number of benzene rings is 3. The molecule has 0 N–H and O–H groups in total. The summed E-state index contributed by atoms with van der Waals surface area (Å²) in [5.41, 5.74) is 2.82. The van der Waals surface area contributed by atoms with Crippen molar-refractivity contribution >= 4 is 28.9 Å². The van der Waals surface area contributed by atoms with Crippen LogP contribution in [0.15, 0.2) is 78.9 Å². The number of carbonyl (C=O) groups excluding carboxylic acids is 1. The van der Waals surface area contributed by atoms with Crippen LogP contribution in [-0.2, 0) is 4.84 Å². The maximum absolute atomic E-state index is 12.6. The Balaban J connectivity index is 1.94. The molecular weight excluding hydrogens is 322 g/mol. The van der Waals surface area contributed by atoms with Crippen molar-refractivity contribution < 1.29 is 9.63 Å². The molecule has 3 nitrogen and oxygen atoms in total. The highest BCUT2D eigenvalue weighted by Gasteiger charge is 2.18. The highest BCUT2D eigenvalue weighted by molar-refractivity contribution is 6.33. The third-order valence-electron chi connectivity index (χ3n) is 3.50. The second kappa shape index (κ2) is 7.20. The van der Waals surface area contributed by atoms with Crippen LogP contribution in [0.2, 0.25) is 5.02 Å². The van der Waals surface area contributed by atoms with Crippen molar-refractivity contribution in [2.24, 2.45) is 0 Å². The molecule has 3 aromatic rings. The van der Waals surface area contributed by atoms with Crippen LogP contribution in [0.1, 0.15) is 15.9 Å². The fourth-order valence-corrected chi connectivity index (χ4v) is 2.61. The first-order valence-corrected chi connectivity index (χ1v) is 7.91. The van der Waals surface area contributed by atoms with Gasteiger partial charge in [0.15, 0.2) is 0 Å². The molecule has 0 aromatic heterocycles. The monoisotopic (exact) mass is 337 g/mol. The molecule has 0 unspecified atom stereocenters. The van der Waals surface area contributed by atoms with Gasteiger partial charge in [-0.3, -0.25) is 0 Å². The summed E-state index contributed by atoms with van der Waals surface area (Å²) in [6, 6.07) is 24.1. The zero-order chi connectivity index (χ0) is 16.9. The van der Waals surface area contributed by atoms with E-state index < -0.39 is 5.97 Å². The Morgan fingerprint density at radius 2 is 1.42 bits per heavy atom. The van der Waals surface area contributed by atoms with Crippen molar-refractivity contribution in [3.05, 3.63) is 95.0 Å². The zero-order valence-corrected chi connectivity index (χ0v) is 13.9. The first kappa shape index (κ1) is 16.1. The Kier molecular flexibility index (Phi) is 4.82. The van der Waals surface area contributed by atoms with Crippen LogP contribution in [-0.4, -0.2) is 5.97 Å². The average molecular weight is 338 g/mol. The van der Waals surface area contributed by atoms with Gasteiger partial charge in [0.25, 0.3) is 0 Å². The number of halogens is 1. The van der Waals surface area contributed by atoms with Crippen molar-refractivity contribution in [2.45, 2.75) is 6.92 Å². The largest absolute Gasteiger partial charge is 0.365 e. The van der Waals surface area contributed by atoms with Crippen LogP contribution in [0.3, 0.4) is 0 Å². The molecule has 0 heterocycles.